The molecule has 0 saturated heterocycles. The fraction of sp³-hybridized carbons (Fsp3) is 0.500. The molecule has 90 valence electrons. The van der Waals surface area contributed by atoms with Crippen molar-refractivity contribution in [2.45, 2.75) is 26.4 Å². The van der Waals surface area contributed by atoms with Crippen LogP contribution in [-0.4, -0.2) is 24.4 Å². The molecule has 1 aromatic carbocycles. The van der Waals surface area contributed by atoms with Gasteiger partial charge in [-0.1, -0.05) is 6.07 Å². The molecule has 0 fully saturated rings. The summed E-state index contributed by atoms with van der Waals surface area (Å²) in [7, 11) is 0. The second kappa shape index (κ2) is 6.23. The van der Waals surface area contributed by atoms with Crippen LogP contribution in [0.2, 0.25) is 0 Å². The first-order valence-corrected chi connectivity index (χ1v) is 5.44. The van der Waals surface area contributed by atoms with Gasteiger partial charge in [0, 0.05) is 13.0 Å². The van der Waals surface area contributed by atoms with E-state index >= 15 is 0 Å². The third kappa shape index (κ3) is 3.62. The quantitative estimate of drug-likeness (QED) is 0.572. The maximum Gasteiger partial charge on any atom is 0.146 e. The number of hydrogen-bond donors (Lipinski definition) is 2. The van der Waals surface area contributed by atoms with Crippen LogP contribution in [0.4, 0.5) is 5.69 Å². The average molecular weight is 225 g/mol. The van der Waals surface area contributed by atoms with Crippen LogP contribution in [0.5, 0.6) is 11.5 Å². The molecular weight excluding hydrogens is 206 g/mol. The van der Waals surface area contributed by atoms with Crippen molar-refractivity contribution in [2.24, 2.45) is 0 Å². The molecule has 0 unspecified atom stereocenters. The lowest BCUT2D eigenvalue weighted by Gasteiger charge is -2.15. The lowest BCUT2D eigenvalue weighted by Crippen LogP contribution is -2.09. The van der Waals surface area contributed by atoms with Gasteiger partial charge in [-0.25, -0.2) is 0 Å². The van der Waals surface area contributed by atoms with Crippen LogP contribution >= 0.6 is 0 Å². The monoisotopic (exact) mass is 225 g/mol. The average Bonchev–Trinajstić information content (AvgIpc) is 2.23. The Bertz CT molecular complexity index is 326. The predicted molar refractivity (Wildman–Crippen MR) is 63.8 cm³/mol. The van der Waals surface area contributed by atoms with Crippen LogP contribution in [0.25, 0.3) is 0 Å². The topological polar surface area (TPSA) is 64.7 Å². The van der Waals surface area contributed by atoms with Crippen molar-refractivity contribution in [1.29, 1.82) is 0 Å². The van der Waals surface area contributed by atoms with Gasteiger partial charge in [0.05, 0.1) is 12.7 Å². The Balaban J connectivity index is 2.70. The Kier molecular flexibility index (Phi) is 4.92. The van der Waals surface area contributed by atoms with E-state index in [1.807, 2.05) is 26.0 Å². The molecule has 0 aliphatic rings. The molecule has 16 heavy (non-hydrogen) atoms. The highest BCUT2D eigenvalue weighted by Crippen LogP contribution is 2.31. The Morgan fingerprint density at radius 3 is 2.62 bits per heavy atom. The number of hydrogen-bond acceptors (Lipinski definition) is 4. The summed E-state index contributed by atoms with van der Waals surface area (Å²) in [4.78, 5) is 0. The molecule has 1 aromatic rings. The van der Waals surface area contributed by atoms with E-state index in [1.54, 1.807) is 6.07 Å². The minimum absolute atomic E-state index is 0.0787. The second-order valence-corrected chi connectivity index (χ2v) is 3.76. The highest BCUT2D eigenvalue weighted by molar-refractivity contribution is 5.62. The molecule has 0 aliphatic carbocycles. The van der Waals surface area contributed by atoms with Gasteiger partial charge in [-0.15, -0.1) is 0 Å². The van der Waals surface area contributed by atoms with E-state index in [1.165, 1.54) is 0 Å². The predicted octanol–water partition coefficient (Wildman–Crippen LogP) is 1.82. The number of aliphatic hydroxyl groups is 1. The SMILES string of the molecule is CC(C)Oc1cccc(OCCCO)c1N. The lowest BCUT2D eigenvalue weighted by molar-refractivity contribution is 0.230. The number of ether oxygens (including phenoxy) is 2. The highest BCUT2D eigenvalue weighted by Gasteiger charge is 2.08. The van der Waals surface area contributed by atoms with Crippen molar-refractivity contribution in [3.8, 4) is 11.5 Å². The van der Waals surface area contributed by atoms with Crippen LogP contribution in [0.3, 0.4) is 0 Å². The molecule has 0 spiro atoms. The zero-order valence-electron chi connectivity index (χ0n) is 9.77. The van der Waals surface area contributed by atoms with Crippen molar-refractivity contribution in [2.75, 3.05) is 18.9 Å². The fourth-order valence-electron chi connectivity index (χ4n) is 1.25. The van der Waals surface area contributed by atoms with Crippen LogP contribution in [-0.2, 0) is 0 Å². The van der Waals surface area contributed by atoms with Crippen molar-refractivity contribution in [3.63, 3.8) is 0 Å². The van der Waals surface area contributed by atoms with Crippen LogP contribution in [0.15, 0.2) is 18.2 Å². The maximum absolute atomic E-state index is 8.65. The molecule has 4 heteroatoms. The molecule has 0 radical (unpaired) electrons. The third-order valence-electron chi connectivity index (χ3n) is 1.95. The molecular formula is C12H19NO3. The second-order valence-electron chi connectivity index (χ2n) is 3.76. The number of aliphatic hydroxyl groups excluding tert-OH is 1. The van der Waals surface area contributed by atoms with Crippen LogP contribution < -0.4 is 15.2 Å². The Labute approximate surface area is 96.0 Å². The fourth-order valence-corrected chi connectivity index (χ4v) is 1.25. The number of para-hydroxylation sites is 1. The van der Waals surface area contributed by atoms with Crippen molar-refractivity contribution in [1.82, 2.24) is 0 Å². The van der Waals surface area contributed by atoms with E-state index in [4.69, 9.17) is 20.3 Å². The number of benzene rings is 1. The van der Waals surface area contributed by atoms with Gasteiger partial charge in [0.2, 0.25) is 0 Å². The number of nitrogens with two attached hydrogens (primary N) is 1. The molecule has 4 nitrogen and oxygen atoms in total. The van der Waals surface area contributed by atoms with E-state index in [0.717, 1.165) is 0 Å². The van der Waals surface area contributed by atoms with E-state index in [2.05, 4.69) is 0 Å². The molecule has 0 atom stereocenters. The lowest BCUT2D eigenvalue weighted by atomic mass is 10.2. The molecule has 3 N–H and O–H groups in total. The molecule has 0 aliphatic heterocycles. The minimum Gasteiger partial charge on any atom is -0.491 e. The maximum atomic E-state index is 8.65. The Hall–Kier alpha value is -1.42. The van der Waals surface area contributed by atoms with Crippen LogP contribution in [0.1, 0.15) is 20.3 Å². The van der Waals surface area contributed by atoms with Gasteiger partial charge < -0.3 is 20.3 Å². The highest BCUT2D eigenvalue weighted by atomic mass is 16.5. The molecule has 0 heterocycles. The van der Waals surface area contributed by atoms with Gasteiger partial charge in [-0.05, 0) is 26.0 Å². The summed E-state index contributed by atoms with van der Waals surface area (Å²) >= 11 is 0. The van der Waals surface area contributed by atoms with Gasteiger partial charge in [0.1, 0.15) is 17.2 Å². The summed E-state index contributed by atoms with van der Waals surface area (Å²) in [6.45, 7) is 4.45. The molecule has 0 amide bonds. The van der Waals surface area contributed by atoms with Crippen molar-refractivity contribution in [3.05, 3.63) is 18.2 Å². The Morgan fingerprint density at radius 1 is 1.31 bits per heavy atom. The standard InChI is InChI=1S/C12H19NO3/c1-9(2)16-11-6-3-5-10(12(11)13)15-8-4-7-14/h3,5-6,9,14H,4,7-8,13H2,1-2H3. The summed E-state index contributed by atoms with van der Waals surface area (Å²) < 4.78 is 11.0. The molecule has 0 saturated carbocycles. The smallest absolute Gasteiger partial charge is 0.146 e. The molecule has 0 bridgehead atoms. The van der Waals surface area contributed by atoms with Gasteiger partial charge in [0.15, 0.2) is 0 Å². The van der Waals surface area contributed by atoms with Crippen LogP contribution in [0, 0.1) is 0 Å². The first kappa shape index (κ1) is 12.6. The number of rotatable bonds is 6. The summed E-state index contributed by atoms with van der Waals surface area (Å²) in [6.07, 6.45) is 0.671. The van der Waals surface area contributed by atoms with E-state index in [9.17, 15) is 0 Å². The zero-order chi connectivity index (χ0) is 12.0. The number of anilines is 1. The van der Waals surface area contributed by atoms with E-state index in [-0.39, 0.29) is 12.7 Å². The number of nitrogen functional groups attached to an aromatic ring is 1. The minimum atomic E-state index is 0.0787. The van der Waals surface area contributed by atoms with Crippen molar-refractivity contribution < 1.29 is 14.6 Å². The first-order chi connectivity index (χ1) is 7.65. The van der Waals surface area contributed by atoms with Gasteiger partial charge >= 0.3 is 0 Å². The summed E-state index contributed by atoms with van der Waals surface area (Å²) in [5.74, 6) is 1.24. The summed E-state index contributed by atoms with van der Waals surface area (Å²) in [5.41, 5.74) is 6.41. The summed E-state index contributed by atoms with van der Waals surface area (Å²) in [6, 6.07) is 5.44. The third-order valence-corrected chi connectivity index (χ3v) is 1.95. The largest absolute Gasteiger partial charge is 0.491 e. The first-order valence-electron chi connectivity index (χ1n) is 5.44. The normalized spacial score (nSPS) is 10.5. The van der Waals surface area contributed by atoms with Gasteiger partial charge in [-0.3, -0.25) is 0 Å². The van der Waals surface area contributed by atoms with E-state index < -0.39 is 0 Å². The summed E-state index contributed by atoms with van der Waals surface area (Å²) in [5, 5.41) is 8.65. The van der Waals surface area contributed by atoms with Gasteiger partial charge in [0.25, 0.3) is 0 Å². The van der Waals surface area contributed by atoms with Crippen molar-refractivity contribution >= 4 is 5.69 Å². The molecule has 0 aromatic heterocycles. The zero-order valence-corrected chi connectivity index (χ0v) is 9.77. The molecule has 1 rings (SSSR count). The van der Waals surface area contributed by atoms with E-state index in [0.29, 0.717) is 30.2 Å². The van der Waals surface area contributed by atoms with Gasteiger partial charge in [-0.2, -0.15) is 0 Å². The Morgan fingerprint density at radius 2 is 2.00 bits per heavy atom.